The summed E-state index contributed by atoms with van der Waals surface area (Å²) in [7, 11) is 1.74. The highest BCUT2D eigenvalue weighted by Crippen LogP contribution is 2.54. The molecule has 5 rings (SSSR count). The Morgan fingerprint density at radius 1 is 1.28 bits per heavy atom. The standard InChI is InChI=1S/C22H23N5O2/c1-27-20-15(8-5-9-23-20)16-12-17(16)19(22(27)29)24-21(28)18-11-14(25-26-18)10-13-6-3-2-4-7-13/h2-9,11,16-17,19,21,24,28H,10,12H2,1H3,(H,25,26)/t16-,17-,19-,21?/m0/s1. The second-order valence-corrected chi connectivity index (χ2v) is 7.85. The van der Waals surface area contributed by atoms with Crippen LogP contribution in [0.2, 0.25) is 0 Å². The van der Waals surface area contributed by atoms with Gasteiger partial charge in [-0.05, 0) is 41.5 Å². The molecule has 3 heterocycles. The number of aliphatic hydroxyl groups is 1. The zero-order chi connectivity index (χ0) is 20.0. The van der Waals surface area contributed by atoms with E-state index in [1.807, 2.05) is 48.5 Å². The number of aliphatic hydroxyl groups excluding tert-OH is 1. The number of aromatic nitrogens is 3. The summed E-state index contributed by atoms with van der Waals surface area (Å²) in [4.78, 5) is 19.0. The fraction of sp³-hybridized carbons (Fsp3) is 0.318. The zero-order valence-electron chi connectivity index (χ0n) is 16.1. The SMILES string of the molecule is CN1C(=O)[C@@H](NC(O)c2cc(Cc3ccccc3)[nH]n2)[C@H]2C[C@H]2c2cccnc21. The van der Waals surface area contributed by atoms with Crippen LogP contribution < -0.4 is 10.2 Å². The lowest BCUT2D eigenvalue weighted by atomic mass is 10.1. The molecule has 0 radical (unpaired) electrons. The monoisotopic (exact) mass is 389 g/mol. The first-order chi connectivity index (χ1) is 14.1. The molecule has 7 heteroatoms. The topological polar surface area (TPSA) is 94.1 Å². The molecule has 7 nitrogen and oxygen atoms in total. The molecule has 29 heavy (non-hydrogen) atoms. The first-order valence-electron chi connectivity index (χ1n) is 9.86. The maximum absolute atomic E-state index is 13.0. The van der Waals surface area contributed by atoms with Crippen molar-refractivity contribution in [3.63, 3.8) is 0 Å². The molecule has 1 aliphatic carbocycles. The van der Waals surface area contributed by atoms with Crippen molar-refractivity contribution < 1.29 is 9.90 Å². The van der Waals surface area contributed by atoms with E-state index in [9.17, 15) is 9.90 Å². The van der Waals surface area contributed by atoms with Crippen LogP contribution in [0.5, 0.6) is 0 Å². The Labute approximate surface area is 168 Å². The molecule has 3 aromatic rings. The molecular weight excluding hydrogens is 366 g/mol. The highest BCUT2D eigenvalue weighted by Gasteiger charge is 2.52. The van der Waals surface area contributed by atoms with Gasteiger partial charge in [-0.25, -0.2) is 4.98 Å². The van der Waals surface area contributed by atoms with Crippen molar-refractivity contribution >= 4 is 11.7 Å². The lowest BCUT2D eigenvalue weighted by molar-refractivity contribution is -0.121. The molecule has 148 valence electrons. The van der Waals surface area contributed by atoms with Crippen molar-refractivity contribution in [3.05, 3.63) is 77.2 Å². The average Bonchev–Trinajstić information content (AvgIpc) is 3.41. The first kappa shape index (κ1) is 18.0. The predicted molar refractivity (Wildman–Crippen MR) is 108 cm³/mol. The van der Waals surface area contributed by atoms with Crippen LogP contribution in [-0.2, 0) is 11.2 Å². The van der Waals surface area contributed by atoms with Gasteiger partial charge >= 0.3 is 0 Å². The van der Waals surface area contributed by atoms with Gasteiger partial charge in [0.1, 0.15) is 11.5 Å². The Hall–Kier alpha value is -3.03. The average molecular weight is 389 g/mol. The van der Waals surface area contributed by atoms with E-state index in [1.165, 1.54) is 0 Å². The van der Waals surface area contributed by atoms with Crippen molar-refractivity contribution in [3.8, 4) is 0 Å². The normalized spacial score (nSPS) is 23.9. The number of carbonyl (C=O) groups excluding carboxylic acids is 1. The van der Waals surface area contributed by atoms with E-state index in [2.05, 4.69) is 20.5 Å². The fourth-order valence-corrected chi connectivity index (χ4v) is 4.29. The number of pyridine rings is 1. The minimum absolute atomic E-state index is 0.0750. The number of carbonyl (C=O) groups is 1. The number of aromatic amines is 1. The molecule has 1 amide bonds. The van der Waals surface area contributed by atoms with Crippen LogP contribution in [-0.4, -0.2) is 39.3 Å². The van der Waals surface area contributed by atoms with Gasteiger partial charge in [0.25, 0.3) is 0 Å². The third kappa shape index (κ3) is 3.32. The second-order valence-electron chi connectivity index (χ2n) is 7.85. The van der Waals surface area contributed by atoms with Crippen LogP contribution in [0.4, 0.5) is 5.82 Å². The number of H-pyrrole nitrogens is 1. The van der Waals surface area contributed by atoms with Gasteiger partial charge in [-0.3, -0.25) is 20.1 Å². The number of hydrogen-bond acceptors (Lipinski definition) is 5. The van der Waals surface area contributed by atoms with Crippen molar-refractivity contribution in [1.29, 1.82) is 0 Å². The molecule has 3 N–H and O–H groups in total. The van der Waals surface area contributed by atoms with Crippen LogP contribution in [0.1, 0.15) is 41.1 Å². The van der Waals surface area contributed by atoms with E-state index in [0.717, 1.165) is 23.2 Å². The Bertz CT molecular complexity index is 1030. The molecule has 2 aromatic heterocycles. The summed E-state index contributed by atoms with van der Waals surface area (Å²) in [6.07, 6.45) is 2.31. The van der Waals surface area contributed by atoms with Crippen LogP contribution in [0, 0.1) is 5.92 Å². The molecule has 1 saturated carbocycles. The summed E-state index contributed by atoms with van der Waals surface area (Å²) in [5.74, 6) is 1.10. The van der Waals surface area contributed by atoms with Gasteiger partial charge in [-0.1, -0.05) is 36.4 Å². The van der Waals surface area contributed by atoms with Gasteiger partial charge in [-0.2, -0.15) is 5.10 Å². The summed E-state index contributed by atoms with van der Waals surface area (Å²) >= 11 is 0. The zero-order valence-corrected chi connectivity index (χ0v) is 16.1. The number of amides is 1. The first-order valence-corrected chi connectivity index (χ1v) is 9.86. The van der Waals surface area contributed by atoms with Gasteiger partial charge in [0.05, 0.1) is 6.04 Å². The highest BCUT2D eigenvalue weighted by atomic mass is 16.3. The third-order valence-corrected chi connectivity index (χ3v) is 5.90. The van der Waals surface area contributed by atoms with E-state index >= 15 is 0 Å². The van der Waals surface area contributed by atoms with Crippen LogP contribution in [0.15, 0.2) is 54.7 Å². The van der Waals surface area contributed by atoms with Gasteiger partial charge in [0.2, 0.25) is 5.91 Å². The molecule has 2 aliphatic rings. The number of rotatable bonds is 5. The van der Waals surface area contributed by atoms with E-state index in [1.54, 1.807) is 18.1 Å². The lowest BCUT2D eigenvalue weighted by Crippen LogP contribution is -2.47. The molecule has 1 aromatic carbocycles. The summed E-state index contributed by atoms with van der Waals surface area (Å²) in [6.45, 7) is 0. The number of benzene rings is 1. The fourth-order valence-electron chi connectivity index (χ4n) is 4.29. The van der Waals surface area contributed by atoms with Crippen molar-refractivity contribution in [2.75, 3.05) is 11.9 Å². The highest BCUT2D eigenvalue weighted by molar-refractivity contribution is 5.98. The van der Waals surface area contributed by atoms with Gasteiger partial charge in [0.15, 0.2) is 6.23 Å². The molecular formula is C22H23N5O2. The van der Waals surface area contributed by atoms with E-state index < -0.39 is 12.3 Å². The van der Waals surface area contributed by atoms with Crippen LogP contribution in [0.25, 0.3) is 0 Å². The van der Waals surface area contributed by atoms with Gasteiger partial charge < -0.3 is 5.11 Å². The molecule has 0 spiro atoms. The largest absolute Gasteiger partial charge is 0.373 e. The lowest BCUT2D eigenvalue weighted by Gasteiger charge is -2.24. The number of fused-ring (bicyclic) bond motifs is 3. The van der Waals surface area contributed by atoms with Crippen molar-refractivity contribution in [1.82, 2.24) is 20.5 Å². The number of nitrogens with zero attached hydrogens (tertiary/aromatic N) is 3. The minimum atomic E-state index is -1.02. The molecule has 0 saturated heterocycles. The number of anilines is 1. The van der Waals surface area contributed by atoms with Gasteiger partial charge in [-0.15, -0.1) is 0 Å². The van der Waals surface area contributed by atoms with Crippen molar-refractivity contribution in [2.24, 2.45) is 5.92 Å². The van der Waals surface area contributed by atoms with E-state index in [0.29, 0.717) is 23.9 Å². The Morgan fingerprint density at radius 3 is 2.93 bits per heavy atom. The van der Waals surface area contributed by atoms with Crippen LogP contribution >= 0.6 is 0 Å². The summed E-state index contributed by atoms with van der Waals surface area (Å²) in [5, 5.41) is 21.1. The van der Waals surface area contributed by atoms with Gasteiger partial charge in [0, 0.05) is 25.4 Å². The van der Waals surface area contributed by atoms with E-state index in [4.69, 9.17) is 0 Å². The third-order valence-electron chi connectivity index (χ3n) is 5.90. The van der Waals surface area contributed by atoms with Crippen molar-refractivity contribution in [2.45, 2.75) is 31.0 Å². The Balaban J connectivity index is 1.31. The Morgan fingerprint density at radius 2 is 2.10 bits per heavy atom. The Kier molecular flexibility index (Phi) is 4.41. The molecule has 1 aliphatic heterocycles. The summed E-state index contributed by atoms with van der Waals surface area (Å²) < 4.78 is 0. The number of likely N-dealkylation sites (N-methyl/N-ethyl adjacent to an activating group) is 1. The number of nitrogens with one attached hydrogen (secondary N) is 2. The smallest absolute Gasteiger partial charge is 0.245 e. The predicted octanol–water partition coefficient (Wildman–Crippen LogP) is 2.12. The second kappa shape index (κ2) is 7.09. The van der Waals surface area contributed by atoms with E-state index in [-0.39, 0.29) is 11.8 Å². The minimum Gasteiger partial charge on any atom is -0.373 e. The quantitative estimate of drug-likeness (QED) is 0.581. The molecule has 1 unspecified atom stereocenters. The maximum Gasteiger partial charge on any atom is 0.245 e. The number of hydrogen-bond donors (Lipinski definition) is 3. The van der Waals surface area contributed by atoms with Crippen LogP contribution in [0.3, 0.4) is 0 Å². The maximum atomic E-state index is 13.0. The summed E-state index contributed by atoms with van der Waals surface area (Å²) in [5.41, 5.74) is 3.68. The molecule has 4 atom stereocenters. The summed E-state index contributed by atoms with van der Waals surface area (Å²) in [6, 6.07) is 15.4. The molecule has 0 bridgehead atoms. The molecule has 1 fully saturated rings.